The van der Waals surface area contributed by atoms with Gasteiger partial charge in [0.15, 0.2) is 12.2 Å². The van der Waals surface area contributed by atoms with Gasteiger partial charge in [-0.15, -0.1) is 0 Å². The van der Waals surface area contributed by atoms with Crippen LogP contribution in [0.2, 0.25) is 0 Å². The molecule has 0 aliphatic rings. The van der Waals surface area contributed by atoms with Crippen LogP contribution < -0.4 is 0 Å². The number of unbranched alkanes of at least 4 members (excludes halogenated alkanes) is 38. The number of hydrogen-bond donors (Lipinski definition) is 3. The largest absolute Gasteiger partial charge is 0.472 e. The molecule has 0 spiro atoms. The maximum atomic E-state index is 13.1. The Hall–Kier alpha value is -2.46. The zero-order chi connectivity index (χ0) is 69.3. The number of carbonyl (C=O) groups is 4. The lowest BCUT2D eigenvalue weighted by molar-refractivity contribution is -0.161. The van der Waals surface area contributed by atoms with Crippen molar-refractivity contribution in [2.75, 3.05) is 39.6 Å². The smallest absolute Gasteiger partial charge is 0.462 e. The van der Waals surface area contributed by atoms with E-state index in [1.165, 1.54) is 167 Å². The van der Waals surface area contributed by atoms with Crippen molar-refractivity contribution in [2.24, 2.45) is 11.8 Å². The molecule has 0 heterocycles. The first-order chi connectivity index (χ1) is 45.4. The number of phosphoric acid groups is 2. The van der Waals surface area contributed by atoms with Gasteiger partial charge >= 0.3 is 39.5 Å². The molecule has 0 bridgehead atoms. The SMILES string of the molecule is CCCCCC/C=C\C=C/CCCCCCCC(=O)O[C@H](COC(=O)CCCCCCCCCCCCC(C)CC)COP(=O)(O)OC[C@@H](O)COP(=O)(O)OC[C@@H](COC(=O)CCCCCCCCCCCCCC)OC(=O)CCCCCCCCCCCCC(C)C. The summed E-state index contributed by atoms with van der Waals surface area (Å²) in [5, 5.41) is 10.6. The number of aliphatic hydroxyl groups is 1. The highest BCUT2D eigenvalue weighted by Crippen LogP contribution is 2.45. The highest BCUT2D eigenvalue weighted by Gasteiger charge is 2.30. The van der Waals surface area contributed by atoms with Crippen molar-refractivity contribution in [3.8, 4) is 0 Å². The number of phosphoric ester groups is 2. The summed E-state index contributed by atoms with van der Waals surface area (Å²) in [5.74, 6) is -0.589. The van der Waals surface area contributed by atoms with Crippen molar-refractivity contribution in [1.29, 1.82) is 0 Å². The van der Waals surface area contributed by atoms with Gasteiger partial charge in [-0.1, -0.05) is 310 Å². The van der Waals surface area contributed by atoms with Gasteiger partial charge in [0.25, 0.3) is 0 Å². The lowest BCUT2D eigenvalue weighted by Gasteiger charge is -2.21. The summed E-state index contributed by atoms with van der Waals surface area (Å²) >= 11 is 0. The second kappa shape index (κ2) is 66.4. The van der Waals surface area contributed by atoms with Crippen molar-refractivity contribution >= 4 is 39.5 Å². The summed E-state index contributed by atoms with van der Waals surface area (Å²) in [7, 11) is -9.92. The predicted molar refractivity (Wildman–Crippen MR) is 381 cm³/mol. The number of allylic oxidation sites excluding steroid dienone is 4. The van der Waals surface area contributed by atoms with Crippen LogP contribution in [0.3, 0.4) is 0 Å². The third-order valence-electron chi connectivity index (χ3n) is 17.2. The lowest BCUT2D eigenvalue weighted by atomic mass is 9.99. The Labute approximate surface area is 573 Å². The maximum absolute atomic E-state index is 13.1. The Morgan fingerprint density at radius 3 is 0.957 bits per heavy atom. The Kier molecular flexibility index (Phi) is 64.7. The quantitative estimate of drug-likeness (QED) is 0.0169. The number of carbonyl (C=O) groups excluding carboxylic acids is 4. The van der Waals surface area contributed by atoms with Gasteiger partial charge in [-0.25, -0.2) is 9.13 Å². The van der Waals surface area contributed by atoms with Crippen molar-refractivity contribution in [3.63, 3.8) is 0 Å². The van der Waals surface area contributed by atoms with Crippen LogP contribution in [0.4, 0.5) is 0 Å². The fourth-order valence-electron chi connectivity index (χ4n) is 10.9. The van der Waals surface area contributed by atoms with Gasteiger partial charge in [0.2, 0.25) is 0 Å². The van der Waals surface area contributed by atoms with Crippen LogP contribution in [0.25, 0.3) is 0 Å². The molecule has 0 rings (SSSR count). The average molecular weight is 1380 g/mol. The highest BCUT2D eigenvalue weighted by atomic mass is 31.2. The number of rotatable bonds is 72. The van der Waals surface area contributed by atoms with Crippen LogP contribution in [-0.2, 0) is 65.4 Å². The Morgan fingerprint density at radius 1 is 0.351 bits per heavy atom. The molecule has 0 aliphatic carbocycles. The van der Waals surface area contributed by atoms with Gasteiger partial charge < -0.3 is 33.8 Å². The topological polar surface area (TPSA) is 237 Å². The molecule has 0 aromatic rings. The second-order valence-corrected chi connectivity index (χ2v) is 30.0. The van der Waals surface area contributed by atoms with Crippen LogP contribution >= 0.6 is 15.6 Å². The van der Waals surface area contributed by atoms with Crippen LogP contribution in [0.1, 0.15) is 363 Å². The Morgan fingerprint density at radius 2 is 0.628 bits per heavy atom. The first kappa shape index (κ1) is 91.5. The van der Waals surface area contributed by atoms with E-state index in [4.69, 9.17) is 37.0 Å². The third kappa shape index (κ3) is 66.8. The molecule has 554 valence electrons. The molecule has 0 aromatic heterocycles. The minimum atomic E-state index is -4.96. The summed E-state index contributed by atoms with van der Waals surface area (Å²) < 4.78 is 68.5. The first-order valence-electron chi connectivity index (χ1n) is 38.3. The van der Waals surface area contributed by atoms with Gasteiger partial charge in [0.05, 0.1) is 26.4 Å². The maximum Gasteiger partial charge on any atom is 0.472 e. The fourth-order valence-corrected chi connectivity index (χ4v) is 12.5. The van der Waals surface area contributed by atoms with Gasteiger partial charge in [0, 0.05) is 25.7 Å². The zero-order valence-corrected chi connectivity index (χ0v) is 62.5. The van der Waals surface area contributed by atoms with Crippen molar-refractivity contribution < 1.29 is 80.2 Å². The molecule has 3 unspecified atom stereocenters. The normalized spacial score (nSPS) is 14.5. The van der Waals surface area contributed by atoms with Crippen LogP contribution in [0.15, 0.2) is 24.3 Å². The molecule has 3 N–H and O–H groups in total. The third-order valence-corrected chi connectivity index (χ3v) is 19.1. The molecule has 0 aromatic carbocycles. The van der Waals surface area contributed by atoms with E-state index in [0.29, 0.717) is 25.7 Å². The molecule has 0 amide bonds. The summed E-state index contributed by atoms with van der Waals surface area (Å²) in [6.45, 7) is 9.54. The molecule has 6 atom stereocenters. The van der Waals surface area contributed by atoms with Crippen molar-refractivity contribution in [1.82, 2.24) is 0 Å². The minimum Gasteiger partial charge on any atom is -0.462 e. The summed E-state index contributed by atoms with van der Waals surface area (Å²) in [4.78, 5) is 72.8. The van der Waals surface area contributed by atoms with E-state index in [0.717, 1.165) is 115 Å². The van der Waals surface area contributed by atoms with Crippen LogP contribution in [0.5, 0.6) is 0 Å². The Bertz CT molecular complexity index is 1920. The van der Waals surface area contributed by atoms with Crippen molar-refractivity contribution in [2.45, 2.75) is 381 Å². The Balaban J connectivity index is 5.31. The van der Waals surface area contributed by atoms with Gasteiger partial charge in [-0.3, -0.25) is 37.3 Å². The van der Waals surface area contributed by atoms with E-state index in [9.17, 15) is 43.2 Å². The first-order valence-corrected chi connectivity index (χ1v) is 41.3. The molecular weight excluding hydrogens is 1230 g/mol. The molecule has 0 aliphatic heterocycles. The van der Waals surface area contributed by atoms with Crippen LogP contribution in [0, 0.1) is 11.8 Å². The zero-order valence-electron chi connectivity index (χ0n) is 60.7. The molecule has 17 nitrogen and oxygen atoms in total. The molecule has 19 heteroatoms. The van der Waals surface area contributed by atoms with E-state index in [1.807, 2.05) is 0 Å². The standard InChI is InChI=1S/C75H142O17P2/c1-7-10-12-14-16-18-20-22-23-24-26-35-41-47-53-59-74(79)91-70(64-86-73(78)58-52-46-40-34-30-28-32-38-44-50-56-68(6)9-3)65-89-93(81,82)87-61-69(76)62-88-94(83,84)90-66-71(63-85-72(77)57-51-45-39-33-25-21-19-17-15-13-11-8-2)92-75(80)60-54-48-42-36-29-27-31-37-43-49-55-67(4)5/h18,20,22-23,67-71,76H,7-17,19,21,24-66H2,1-6H3,(H,81,82)(H,83,84)/b20-18-,23-22-/t68?,69-,70-,71-/m1/s1. The van der Waals surface area contributed by atoms with E-state index in [1.54, 1.807) is 0 Å². The molecule has 0 radical (unpaired) electrons. The van der Waals surface area contributed by atoms with Crippen LogP contribution in [-0.4, -0.2) is 96.7 Å². The molecule has 0 saturated carbocycles. The number of esters is 4. The predicted octanol–water partition coefficient (Wildman–Crippen LogP) is 21.5. The van der Waals surface area contributed by atoms with Gasteiger partial charge in [0.1, 0.15) is 19.3 Å². The number of ether oxygens (including phenoxy) is 4. The highest BCUT2D eigenvalue weighted by molar-refractivity contribution is 7.47. The number of aliphatic hydroxyl groups excluding tert-OH is 1. The van der Waals surface area contributed by atoms with Gasteiger partial charge in [-0.2, -0.15) is 0 Å². The van der Waals surface area contributed by atoms with E-state index in [-0.39, 0.29) is 25.7 Å². The molecule has 0 saturated heterocycles. The fraction of sp³-hybridized carbons (Fsp3) is 0.893. The summed E-state index contributed by atoms with van der Waals surface area (Å²) in [5.41, 5.74) is 0. The van der Waals surface area contributed by atoms with Crippen molar-refractivity contribution in [3.05, 3.63) is 24.3 Å². The van der Waals surface area contributed by atoms with E-state index >= 15 is 0 Å². The van der Waals surface area contributed by atoms with Gasteiger partial charge in [-0.05, 0) is 63.2 Å². The second-order valence-electron chi connectivity index (χ2n) is 27.1. The average Bonchev–Trinajstić information content (AvgIpc) is 2.80. The lowest BCUT2D eigenvalue weighted by Crippen LogP contribution is -2.30. The monoisotopic (exact) mass is 1380 g/mol. The minimum absolute atomic E-state index is 0.0848. The van der Waals surface area contributed by atoms with E-state index < -0.39 is 97.5 Å². The molecule has 94 heavy (non-hydrogen) atoms. The van der Waals surface area contributed by atoms with E-state index in [2.05, 4.69) is 65.8 Å². The molecular formula is C75H142O17P2. The number of hydrogen-bond acceptors (Lipinski definition) is 15. The molecule has 0 fully saturated rings. The summed E-state index contributed by atoms with van der Waals surface area (Å²) in [6.07, 6.45) is 56.1. The summed E-state index contributed by atoms with van der Waals surface area (Å²) in [6, 6.07) is 0.